The lowest BCUT2D eigenvalue weighted by atomic mass is 9.48. The van der Waals surface area contributed by atoms with Crippen LogP contribution in [0, 0.1) is 23.2 Å². The van der Waals surface area contributed by atoms with Crippen molar-refractivity contribution >= 4 is 18.0 Å². The summed E-state index contributed by atoms with van der Waals surface area (Å²) in [7, 11) is 1.43. The minimum atomic E-state index is -4.55. The fourth-order valence-corrected chi connectivity index (χ4v) is 6.64. The van der Waals surface area contributed by atoms with Crippen LogP contribution in [-0.4, -0.2) is 59.3 Å². The van der Waals surface area contributed by atoms with E-state index in [0.717, 1.165) is 31.5 Å². The average molecular weight is 468 g/mol. The quantitative estimate of drug-likeness (QED) is 0.676. The monoisotopic (exact) mass is 468 g/mol. The molecule has 8 nitrogen and oxygen atoms in total. The largest absolute Gasteiger partial charge is 0.469 e. The molecule has 3 unspecified atom stereocenters. The Morgan fingerprint density at radius 2 is 1.94 bits per heavy atom. The molecule has 4 bridgehead atoms. The molecule has 180 valence electrons. The van der Waals surface area contributed by atoms with Crippen LogP contribution in [0.15, 0.2) is 12.3 Å². The van der Waals surface area contributed by atoms with E-state index in [1.807, 2.05) is 0 Å². The summed E-state index contributed by atoms with van der Waals surface area (Å²) < 4.78 is 49.7. The number of anilines is 1. The van der Waals surface area contributed by atoms with Gasteiger partial charge in [-0.25, -0.2) is 14.8 Å². The molecule has 6 rings (SSSR count). The molecule has 1 aromatic heterocycles. The average Bonchev–Trinajstić information content (AvgIpc) is 3.23. The van der Waals surface area contributed by atoms with E-state index in [1.165, 1.54) is 7.11 Å². The van der Waals surface area contributed by atoms with Crippen molar-refractivity contribution in [1.82, 2.24) is 14.9 Å². The first-order valence-corrected chi connectivity index (χ1v) is 11.4. The number of carbonyl (C=O) groups excluding carboxylic acids is 2. The number of methoxy groups -OCH3 is 1. The van der Waals surface area contributed by atoms with Crippen LogP contribution in [0.5, 0.6) is 0 Å². The van der Waals surface area contributed by atoms with E-state index in [0.29, 0.717) is 38.3 Å². The zero-order chi connectivity index (χ0) is 23.4. The van der Waals surface area contributed by atoms with Crippen LogP contribution in [0.3, 0.4) is 0 Å². The highest BCUT2D eigenvalue weighted by Gasteiger charge is 2.60. The van der Waals surface area contributed by atoms with Crippen LogP contribution in [-0.2, 0) is 20.4 Å². The summed E-state index contributed by atoms with van der Waals surface area (Å²) in [5.74, 6) is 0.546. The third-order valence-corrected chi connectivity index (χ3v) is 7.77. The van der Waals surface area contributed by atoms with Crippen LogP contribution >= 0.6 is 0 Å². The second-order valence-electron chi connectivity index (χ2n) is 9.93. The van der Waals surface area contributed by atoms with Gasteiger partial charge in [0.25, 0.3) is 0 Å². The van der Waals surface area contributed by atoms with Crippen LogP contribution < -0.4 is 5.32 Å². The fraction of sp³-hybridized carbons (Fsp3) is 0.727. The van der Waals surface area contributed by atoms with Crippen molar-refractivity contribution in [3.05, 3.63) is 18.0 Å². The summed E-state index contributed by atoms with van der Waals surface area (Å²) in [5, 5.41) is 2.89. The number of carbonyl (C=O) groups is 2. The van der Waals surface area contributed by atoms with Crippen molar-refractivity contribution in [3.8, 4) is 0 Å². The first-order chi connectivity index (χ1) is 15.7. The lowest BCUT2D eigenvalue weighted by Crippen LogP contribution is -2.58. The van der Waals surface area contributed by atoms with Crippen molar-refractivity contribution in [1.29, 1.82) is 0 Å². The number of amides is 1. The van der Waals surface area contributed by atoms with E-state index in [-0.39, 0.29) is 35.9 Å². The number of nitrogens with zero attached hydrogens (tertiary/aromatic N) is 3. The van der Waals surface area contributed by atoms with Gasteiger partial charge in [-0.15, -0.1) is 0 Å². The van der Waals surface area contributed by atoms with Gasteiger partial charge >= 0.3 is 18.2 Å². The standard InChI is InChI=1S/C22H27F3N4O4/c1-32-18(30)21-8-12-6-13(9-21)17(14(7-12)10-21)33-20(31)29-5-3-15(11-29)27-19-26-4-2-16(28-19)22(23,24)25/h2,4,12-15,17H,3,5-11H2,1H3,(H,26,27,28). The Labute approximate surface area is 189 Å². The summed E-state index contributed by atoms with van der Waals surface area (Å²) in [4.78, 5) is 34.3. The normalized spacial score (nSPS) is 34.9. The topological polar surface area (TPSA) is 93.7 Å². The first-order valence-electron chi connectivity index (χ1n) is 11.4. The predicted molar refractivity (Wildman–Crippen MR) is 109 cm³/mol. The zero-order valence-corrected chi connectivity index (χ0v) is 18.3. The molecule has 1 saturated heterocycles. The molecule has 5 aliphatic rings. The van der Waals surface area contributed by atoms with Crippen LogP contribution in [0.4, 0.5) is 23.9 Å². The van der Waals surface area contributed by atoms with Gasteiger partial charge in [0, 0.05) is 25.3 Å². The van der Waals surface area contributed by atoms with Crippen molar-refractivity contribution in [2.75, 3.05) is 25.5 Å². The zero-order valence-electron chi connectivity index (χ0n) is 18.3. The van der Waals surface area contributed by atoms with E-state index in [9.17, 15) is 22.8 Å². The number of hydrogen-bond donors (Lipinski definition) is 1. The molecule has 11 heteroatoms. The predicted octanol–water partition coefficient (Wildman–Crippen LogP) is 3.49. The SMILES string of the molecule is COC(=O)C12CC3CC(C1)C(OC(=O)N1CCC(Nc4nccc(C(F)(F)F)n4)C1)C(C3)C2. The molecule has 33 heavy (non-hydrogen) atoms. The number of ether oxygens (including phenoxy) is 2. The summed E-state index contributed by atoms with van der Waals surface area (Å²) in [6.07, 6.45) is 0.643. The van der Waals surface area contributed by atoms with E-state index >= 15 is 0 Å². The van der Waals surface area contributed by atoms with Gasteiger partial charge in [-0.1, -0.05) is 0 Å². The highest BCUT2D eigenvalue weighted by Crippen LogP contribution is 2.61. The molecule has 1 amide bonds. The summed E-state index contributed by atoms with van der Waals surface area (Å²) in [5.41, 5.74) is -1.44. The van der Waals surface area contributed by atoms with Crippen LogP contribution in [0.1, 0.15) is 44.2 Å². The first kappa shape index (κ1) is 22.2. The third-order valence-electron chi connectivity index (χ3n) is 7.77. The van der Waals surface area contributed by atoms with Crippen molar-refractivity contribution in [3.63, 3.8) is 0 Å². The van der Waals surface area contributed by atoms with Crippen LogP contribution in [0.2, 0.25) is 0 Å². The maximum absolute atomic E-state index is 12.9. The Morgan fingerprint density at radius 3 is 2.61 bits per heavy atom. The molecule has 1 aromatic rings. The fourth-order valence-electron chi connectivity index (χ4n) is 6.64. The van der Waals surface area contributed by atoms with Gasteiger partial charge in [0.1, 0.15) is 11.8 Å². The van der Waals surface area contributed by atoms with Gasteiger partial charge in [0.15, 0.2) is 0 Å². The smallest absolute Gasteiger partial charge is 0.433 e. The van der Waals surface area contributed by atoms with Gasteiger partial charge in [-0.3, -0.25) is 4.79 Å². The third kappa shape index (κ3) is 4.10. The molecule has 1 aliphatic heterocycles. The Bertz CT molecular complexity index is 926. The van der Waals surface area contributed by atoms with Gasteiger partial charge in [0.05, 0.1) is 12.5 Å². The molecule has 3 atom stereocenters. The van der Waals surface area contributed by atoms with Gasteiger partial charge in [0.2, 0.25) is 5.95 Å². The lowest BCUT2D eigenvalue weighted by molar-refractivity contribution is -0.182. The van der Waals surface area contributed by atoms with E-state index < -0.39 is 23.4 Å². The maximum Gasteiger partial charge on any atom is 0.433 e. The molecule has 0 spiro atoms. The van der Waals surface area contributed by atoms with Crippen molar-refractivity contribution in [2.24, 2.45) is 23.2 Å². The van der Waals surface area contributed by atoms with Gasteiger partial charge in [-0.2, -0.15) is 13.2 Å². The Morgan fingerprint density at radius 1 is 1.21 bits per heavy atom. The minimum absolute atomic E-state index is 0.112. The molecule has 1 N–H and O–H groups in total. The van der Waals surface area contributed by atoms with Gasteiger partial charge in [-0.05, 0) is 62.3 Å². The lowest BCUT2D eigenvalue weighted by Gasteiger charge is -2.57. The molecular formula is C22H27F3N4O4. The summed E-state index contributed by atoms with van der Waals surface area (Å²) in [6.45, 7) is 0.738. The number of nitrogens with one attached hydrogen (secondary N) is 1. The molecule has 4 saturated carbocycles. The Kier molecular flexibility index (Phi) is 5.40. The maximum atomic E-state index is 12.9. The van der Waals surface area contributed by atoms with Crippen LogP contribution in [0.25, 0.3) is 0 Å². The number of alkyl halides is 3. The summed E-state index contributed by atoms with van der Waals surface area (Å²) >= 11 is 0. The van der Waals surface area contributed by atoms with Crippen molar-refractivity contribution in [2.45, 2.75) is 56.8 Å². The summed E-state index contributed by atoms with van der Waals surface area (Å²) in [6, 6.07) is 0.556. The number of likely N-dealkylation sites (tertiary alicyclic amines) is 1. The highest BCUT2D eigenvalue weighted by molar-refractivity contribution is 5.77. The molecular weight excluding hydrogens is 441 g/mol. The Balaban J connectivity index is 1.18. The number of halogens is 3. The van der Waals surface area contributed by atoms with E-state index in [4.69, 9.17) is 9.47 Å². The number of aromatic nitrogens is 2. The van der Waals surface area contributed by atoms with Crippen molar-refractivity contribution < 1.29 is 32.2 Å². The van der Waals surface area contributed by atoms with E-state index in [2.05, 4.69) is 15.3 Å². The second kappa shape index (κ2) is 8.02. The molecule has 0 aromatic carbocycles. The molecule has 4 aliphatic carbocycles. The number of esters is 1. The van der Waals surface area contributed by atoms with E-state index in [1.54, 1.807) is 4.90 Å². The highest BCUT2D eigenvalue weighted by atomic mass is 19.4. The molecule has 2 heterocycles. The minimum Gasteiger partial charge on any atom is -0.469 e. The molecule has 0 radical (unpaired) electrons. The number of rotatable bonds is 4. The Hall–Kier alpha value is -2.59. The second-order valence-corrected chi connectivity index (χ2v) is 9.93. The molecule has 5 fully saturated rings. The number of hydrogen-bond acceptors (Lipinski definition) is 7. The van der Waals surface area contributed by atoms with Gasteiger partial charge < -0.3 is 19.7 Å².